The van der Waals surface area contributed by atoms with Crippen molar-refractivity contribution in [2.75, 3.05) is 0 Å². The third-order valence-corrected chi connectivity index (χ3v) is 4.72. The van der Waals surface area contributed by atoms with Crippen LogP contribution < -0.4 is 0 Å². The summed E-state index contributed by atoms with van der Waals surface area (Å²) in [5.41, 5.74) is 0.579. The van der Waals surface area contributed by atoms with Gasteiger partial charge in [-0.25, -0.2) is 4.79 Å². The van der Waals surface area contributed by atoms with Crippen LogP contribution >= 0.6 is 11.8 Å². The second-order valence-corrected chi connectivity index (χ2v) is 6.61. The number of hydrogen-bond acceptors (Lipinski definition) is 3. The Morgan fingerprint density at radius 3 is 2.50 bits per heavy atom. The molecule has 0 amide bonds. The van der Waals surface area contributed by atoms with E-state index in [0.717, 1.165) is 4.90 Å². The zero-order chi connectivity index (χ0) is 12.0. The van der Waals surface area contributed by atoms with Crippen LogP contribution in [-0.2, 0) is 4.74 Å². The largest absolute Gasteiger partial charge is 0.444 e. The summed E-state index contributed by atoms with van der Waals surface area (Å²) < 4.78 is 5.59. The van der Waals surface area contributed by atoms with E-state index in [9.17, 15) is 4.79 Å². The molecule has 1 aliphatic rings. The van der Waals surface area contributed by atoms with E-state index >= 15 is 0 Å². The van der Waals surface area contributed by atoms with Gasteiger partial charge in [-0.2, -0.15) is 0 Å². The third-order valence-electron chi connectivity index (χ3n) is 3.06. The number of thioether (sulfide) groups is 1. The lowest BCUT2D eigenvalue weighted by Crippen LogP contribution is -2.43. The highest BCUT2D eigenvalue weighted by Crippen LogP contribution is 2.50. The van der Waals surface area contributed by atoms with Crippen LogP contribution in [0.15, 0.2) is 29.2 Å². The monoisotopic (exact) mass is 236 g/mol. The number of carbonyl (C=O) groups is 1. The number of benzene rings is 1. The second-order valence-electron chi connectivity index (χ2n) is 5.18. The van der Waals surface area contributed by atoms with Crippen LogP contribution in [0.3, 0.4) is 0 Å². The normalized spacial score (nSPS) is 24.9. The highest BCUT2D eigenvalue weighted by molar-refractivity contribution is 8.00. The molecule has 2 rings (SSSR count). The summed E-state index contributed by atoms with van der Waals surface area (Å²) in [6.45, 7) is 8.23. The maximum Gasteiger partial charge on any atom is 0.340 e. The topological polar surface area (TPSA) is 26.3 Å². The number of fused-ring (bicyclic) bond motifs is 1. The van der Waals surface area contributed by atoms with Crippen molar-refractivity contribution in [3.8, 4) is 0 Å². The van der Waals surface area contributed by atoms with E-state index in [4.69, 9.17) is 4.74 Å². The maximum atomic E-state index is 11.9. The Labute approximate surface area is 100 Å². The number of carbonyl (C=O) groups excluding carboxylic acids is 1. The van der Waals surface area contributed by atoms with E-state index in [1.807, 2.05) is 31.2 Å². The quantitative estimate of drug-likeness (QED) is 0.642. The van der Waals surface area contributed by atoms with Crippen LogP contribution in [-0.4, -0.2) is 10.9 Å². The molecule has 1 aromatic carbocycles. The molecule has 0 N–H and O–H groups in total. The Kier molecular flexibility index (Phi) is 2.54. The summed E-state index contributed by atoms with van der Waals surface area (Å²) in [6, 6.07) is 7.60. The minimum Gasteiger partial charge on any atom is -0.444 e. The smallest absolute Gasteiger partial charge is 0.340 e. The Balaban J connectivity index is 2.46. The van der Waals surface area contributed by atoms with E-state index in [-0.39, 0.29) is 11.4 Å². The van der Waals surface area contributed by atoms with Gasteiger partial charge in [0.1, 0.15) is 0 Å². The van der Waals surface area contributed by atoms with E-state index in [0.29, 0.717) is 5.56 Å². The summed E-state index contributed by atoms with van der Waals surface area (Å²) in [6.07, 6.45) is 0. The van der Waals surface area contributed by atoms with Crippen LogP contribution in [0.25, 0.3) is 0 Å². The molecule has 1 unspecified atom stereocenters. The van der Waals surface area contributed by atoms with Crippen LogP contribution in [0.1, 0.15) is 38.1 Å². The van der Waals surface area contributed by atoms with Crippen LogP contribution in [0.2, 0.25) is 0 Å². The van der Waals surface area contributed by atoms with E-state index in [2.05, 4.69) is 20.8 Å². The average Bonchev–Trinajstić information content (AvgIpc) is 2.15. The Hall–Kier alpha value is -0.960. The molecular weight excluding hydrogens is 220 g/mol. The maximum absolute atomic E-state index is 11.9. The fourth-order valence-corrected chi connectivity index (χ4v) is 2.74. The molecular formula is C13H16O2S. The van der Waals surface area contributed by atoms with E-state index in [1.165, 1.54) is 0 Å². The molecule has 0 saturated carbocycles. The molecule has 86 valence electrons. The lowest BCUT2D eigenvalue weighted by Gasteiger charge is -2.43. The molecule has 3 heteroatoms. The van der Waals surface area contributed by atoms with Gasteiger partial charge in [-0.1, -0.05) is 44.7 Å². The van der Waals surface area contributed by atoms with E-state index < -0.39 is 4.93 Å². The molecule has 0 aliphatic carbocycles. The number of rotatable bonds is 0. The predicted molar refractivity (Wildman–Crippen MR) is 65.6 cm³/mol. The summed E-state index contributed by atoms with van der Waals surface area (Å²) in [4.78, 5) is 12.4. The second kappa shape index (κ2) is 3.52. The number of ether oxygens (including phenoxy) is 1. The van der Waals surface area contributed by atoms with E-state index in [1.54, 1.807) is 11.8 Å². The molecule has 1 aliphatic heterocycles. The van der Waals surface area contributed by atoms with Crippen molar-refractivity contribution in [1.82, 2.24) is 0 Å². The first-order valence-electron chi connectivity index (χ1n) is 5.35. The van der Waals surface area contributed by atoms with Crippen molar-refractivity contribution < 1.29 is 9.53 Å². The van der Waals surface area contributed by atoms with Crippen molar-refractivity contribution in [3.63, 3.8) is 0 Å². The summed E-state index contributed by atoms with van der Waals surface area (Å²) in [5.74, 6) is -0.216. The van der Waals surface area contributed by atoms with Gasteiger partial charge >= 0.3 is 5.97 Å². The first kappa shape index (κ1) is 11.5. The average molecular weight is 236 g/mol. The number of hydrogen-bond donors (Lipinski definition) is 0. The van der Waals surface area contributed by atoms with Crippen LogP contribution in [0, 0.1) is 5.41 Å². The molecule has 0 saturated heterocycles. The molecule has 16 heavy (non-hydrogen) atoms. The summed E-state index contributed by atoms with van der Waals surface area (Å²) in [7, 11) is 0. The van der Waals surface area contributed by atoms with Gasteiger partial charge in [0.25, 0.3) is 0 Å². The first-order chi connectivity index (χ1) is 7.33. The molecule has 1 aromatic rings. The summed E-state index contributed by atoms with van der Waals surface area (Å²) >= 11 is 1.63. The molecule has 0 radical (unpaired) electrons. The minimum atomic E-state index is -0.502. The Morgan fingerprint density at radius 2 is 1.88 bits per heavy atom. The first-order valence-corrected chi connectivity index (χ1v) is 6.16. The van der Waals surface area contributed by atoms with Crippen molar-refractivity contribution >= 4 is 17.7 Å². The van der Waals surface area contributed by atoms with Crippen molar-refractivity contribution in [2.45, 2.75) is 37.5 Å². The van der Waals surface area contributed by atoms with Gasteiger partial charge in [-0.15, -0.1) is 0 Å². The zero-order valence-electron chi connectivity index (χ0n) is 10.0. The van der Waals surface area contributed by atoms with Gasteiger partial charge in [0.05, 0.1) is 5.56 Å². The molecule has 0 spiro atoms. The van der Waals surface area contributed by atoms with Gasteiger partial charge in [0.2, 0.25) is 0 Å². The Bertz CT molecular complexity index is 434. The zero-order valence-corrected chi connectivity index (χ0v) is 10.9. The van der Waals surface area contributed by atoms with Crippen LogP contribution in [0.5, 0.6) is 0 Å². The van der Waals surface area contributed by atoms with Gasteiger partial charge < -0.3 is 4.74 Å². The predicted octanol–water partition coefficient (Wildman–Crippen LogP) is 3.71. The molecule has 0 bridgehead atoms. The lowest BCUT2D eigenvalue weighted by atomic mass is 9.89. The third kappa shape index (κ3) is 1.73. The SMILES string of the molecule is CC(C)(C)C1(C)OC(=O)c2ccccc2S1. The molecule has 0 aromatic heterocycles. The molecule has 1 heterocycles. The standard InChI is InChI=1S/C13H16O2S/c1-12(2,3)13(4)15-11(14)9-7-5-6-8-10(9)16-13/h5-8H,1-4H3. The lowest BCUT2D eigenvalue weighted by molar-refractivity contribution is -0.0150. The fraction of sp³-hybridized carbons (Fsp3) is 0.462. The van der Waals surface area contributed by atoms with Gasteiger partial charge in [-0.05, 0) is 19.1 Å². The highest BCUT2D eigenvalue weighted by Gasteiger charge is 2.46. The molecule has 1 atom stereocenters. The van der Waals surface area contributed by atoms with Gasteiger partial charge in [0, 0.05) is 10.3 Å². The van der Waals surface area contributed by atoms with Crippen molar-refractivity contribution in [2.24, 2.45) is 5.41 Å². The van der Waals surface area contributed by atoms with Crippen LogP contribution in [0.4, 0.5) is 0 Å². The van der Waals surface area contributed by atoms with Gasteiger partial charge in [0.15, 0.2) is 4.93 Å². The fourth-order valence-electron chi connectivity index (χ4n) is 1.49. The minimum absolute atomic E-state index is 0.0964. The van der Waals surface area contributed by atoms with Crippen molar-refractivity contribution in [3.05, 3.63) is 29.8 Å². The molecule has 0 fully saturated rings. The highest BCUT2D eigenvalue weighted by atomic mass is 32.2. The number of esters is 1. The van der Waals surface area contributed by atoms with Crippen molar-refractivity contribution in [1.29, 1.82) is 0 Å². The summed E-state index contributed by atoms with van der Waals surface area (Å²) in [5, 5.41) is 0. The van der Waals surface area contributed by atoms with Gasteiger partial charge in [-0.3, -0.25) is 0 Å². The Morgan fingerprint density at radius 1 is 1.25 bits per heavy atom. The molecule has 2 nitrogen and oxygen atoms in total. The number of cyclic esters (lactones) is 1.